The van der Waals surface area contributed by atoms with Gasteiger partial charge in [0.15, 0.2) is 0 Å². The molecule has 0 radical (unpaired) electrons. The largest absolute Gasteiger partial charge is 0.327 e. The number of aromatic nitrogens is 2. The number of fused-ring (bicyclic) bond motifs is 1. The van der Waals surface area contributed by atoms with E-state index in [0.29, 0.717) is 11.8 Å². The monoisotopic (exact) mass is 326 g/mol. The normalized spacial score (nSPS) is 12.9. The van der Waals surface area contributed by atoms with Gasteiger partial charge in [0, 0.05) is 17.5 Å². The van der Waals surface area contributed by atoms with Crippen LogP contribution in [0.3, 0.4) is 0 Å². The maximum atomic E-state index is 6.23. The van der Waals surface area contributed by atoms with Gasteiger partial charge < -0.3 is 4.57 Å². The summed E-state index contributed by atoms with van der Waals surface area (Å²) in [6.07, 6.45) is 1.03. The van der Waals surface area contributed by atoms with Crippen molar-refractivity contribution in [2.75, 3.05) is 0 Å². The predicted molar refractivity (Wildman–Crippen MR) is 98.2 cm³/mol. The summed E-state index contributed by atoms with van der Waals surface area (Å²) >= 11 is 6.23. The molecule has 3 heteroatoms. The van der Waals surface area contributed by atoms with Crippen molar-refractivity contribution < 1.29 is 0 Å². The highest BCUT2D eigenvalue weighted by atomic mass is 35.5. The van der Waals surface area contributed by atoms with Crippen molar-refractivity contribution in [1.29, 1.82) is 0 Å². The van der Waals surface area contributed by atoms with Gasteiger partial charge >= 0.3 is 0 Å². The third-order valence-corrected chi connectivity index (χ3v) is 4.44. The summed E-state index contributed by atoms with van der Waals surface area (Å²) in [6.45, 7) is 7.66. The number of halogens is 1. The third kappa shape index (κ3) is 3.28. The molecule has 2 aromatic carbocycles. The molecule has 23 heavy (non-hydrogen) atoms. The minimum Gasteiger partial charge on any atom is -0.327 e. The molecule has 0 spiro atoms. The number of rotatable bonds is 5. The summed E-state index contributed by atoms with van der Waals surface area (Å²) in [5, 5.41) is 0.765. The van der Waals surface area contributed by atoms with Gasteiger partial charge in [0.25, 0.3) is 0 Å². The molecule has 1 atom stereocenters. The molecule has 120 valence electrons. The van der Waals surface area contributed by atoms with Crippen molar-refractivity contribution in [2.24, 2.45) is 5.92 Å². The molecule has 0 amide bonds. The van der Waals surface area contributed by atoms with Crippen LogP contribution < -0.4 is 0 Å². The van der Waals surface area contributed by atoms with Crippen LogP contribution in [0.2, 0.25) is 5.02 Å². The number of hydrogen-bond acceptors (Lipinski definition) is 1. The Hall–Kier alpha value is -1.80. The van der Waals surface area contributed by atoms with Crippen LogP contribution in [0, 0.1) is 5.92 Å². The van der Waals surface area contributed by atoms with Gasteiger partial charge in [-0.25, -0.2) is 4.98 Å². The Morgan fingerprint density at radius 1 is 1.09 bits per heavy atom. The van der Waals surface area contributed by atoms with Crippen LogP contribution in [0.15, 0.2) is 48.5 Å². The second-order valence-electron chi connectivity index (χ2n) is 6.48. The van der Waals surface area contributed by atoms with E-state index >= 15 is 0 Å². The first-order valence-corrected chi connectivity index (χ1v) is 8.68. The molecular weight excluding hydrogens is 304 g/mol. The van der Waals surface area contributed by atoms with Crippen LogP contribution in [0.25, 0.3) is 11.0 Å². The van der Waals surface area contributed by atoms with Crippen molar-refractivity contribution in [1.82, 2.24) is 9.55 Å². The van der Waals surface area contributed by atoms with Crippen molar-refractivity contribution in [3.8, 4) is 0 Å². The Morgan fingerprint density at radius 3 is 2.48 bits per heavy atom. The van der Waals surface area contributed by atoms with Crippen molar-refractivity contribution in [3.05, 3.63) is 64.9 Å². The van der Waals surface area contributed by atoms with E-state index in [1.54, 1.807) is 0 Å². The van der Waals surface area contributed by atoms with E-state index in [1.807, 2.05) is 18.2 Å². The van der Waals surface area contributed by atoms with Crippen LogP contribution >= 0.6 is 11.6 Å². The molecule has 3 aromatic rings. The minimum atomic E-state index is 0.307. The average Bonchev–Trinajstić information content (AvgIpc) is 2.87. The topological polar surface area (TPSA) is 17.8 Å². The van der Waals surface area contributed by atoms with Gasteiger partial charge in [-0.3, -0.25) is 0 Å². The lowest BCUT2D eigenvalue weighted by atomic mass is 9.95. The Balaban J connectivity index is 2.18. The molecular formula is C20H23ClN2. The fourth-order valence-corrected chi connectivity index (χ4v) is 3.36. The summed E-state index contributed by atoms with van der Waals surface area (Å²) in [7, 11) is 0. The van der Waals surface area contributed by atoms with Crippen molar-refractivity contribution in [3.63, 3.8) is 0 Å². The van der Waals surface area contributed by atoms with E-state index in [9.17, 15) is 0 Å². The Kier molecular flexibility index (Phi) is 4.72. The lowest BCUT2D eigenvalue weighted by Crippen LogP contribution is -2.13. The zero-order chi connectivity index (χ0) is 16.4. The van der Waals surface area contributed by atoms with Gasteiger partial charge in [-0.05, 0) is 36.1 Å². The molecule has 0 bridgehead atoms. The molecule has 0 aliphatic rings. The van der Waals surface area contributed by atoms with Crippen LogP contribution in [0.4, 0.5) is 0 Å². The van der Waals surface area contributed by atoms with Gasteiger partial charge in [-0.2, -0.15) is 0 Å². The van der Waals surface area contributed by atoms with E-state index in [2.05, 4.69) is 55.7 Å². The van der Waals surface area contributed by atoms with E-state index in [-0.39, 0.29) is 0 Å². The lowest BCUT2D eigenvalue weighted by Gasteiger charge is -2.19. The fraction of sp³-hybridized carbons (Fsp3) is 0.350. The number of hydrogen-bond donors (Lipinski definition) is 0. The summed E-state index contributed by atoms with van der Waals surface area (Å²) in [6, 6.07) is 16.6. The molecule has 0 aliphatic heterocycles. The van der Waals surface area contributed by atoms with E-state index in [4.69, 9.17) is 16.6 Å². The number of nitrogens with zero attached hydrogens (tertiary/aromatic N) is 2. The maximum absolute atomic E-state index is 6.23. The summed E-state index contributed by atoms with van der Waals surface area (Å²) in [5.41, 5.74) is 3.48. The molecule has 2 nitrogen and oxygen atoms in total. The van der Waals surface area contributed by atoms with Gasteiger partial charge in [-0.1, -0.05) is 62.7 Å². The molecule has 3 rings (SSSR count). The van der Waals surface area contributed by atoms with Crippen LogP contribution in [0.5, 0.6) is 0 Å². The standard InChI is InChI=1S/C20H23ClN2/c1-4-17(15-8-6-5-7-9-15)20-22-18-11-10-16(21)12-19(18)23(20)13-14(2)3/h5-12,14,17H,4,13H2,1-3H3. The van der Waals surface area contributed by atoms with E-state index in [1.165, 1.54) is 5.56 Å². The highest BCUT2D eigenvalue weighted by Gasteiger charge is 2.21. The van der Waals surface area contributed by atoms with Crippen molar-refractivity contribution >= 4 is 22.6 Å². The second-order valence-corrected chi connectivity index (χ2v) is 6.92. The molecule has 1 heterocycles. The molecule has 0 fully saturated rings. The lowest BCUT2D eigenvalue weighted by molar-refractivity contribution is 0.505. The van der Waals surface area contributed by atoms with Crippen molar-refractivity contribution in [2.45, 2.75) is 39.7 Å². The second kappa shape index (κ2) is 6.76. The predicted octanol–water partition coefficient (Wildman–Crippen LogP) is 5.89. The molecule has 0 aliphatic carbocycles. The number of imidazole rings is 1. The zero-order valence-electron chi connectivity index (χ0n) is 14.0. The van der Waals surface area contributed by atoms with Gasteiger partial charge in [0.2, 0.25) is 0 Å². The quantitative estimate of drug-likeness (QED) is 0.571. The first-order chi connectivity index (χ1) is 11.1. The zero-order valence-corrected chi connectivity index (χ0v) is 14.7. The Bertz CT molecular complexity index is 790. The summed E-state index contributed by atoms with van der Waals surface area (Å²) < 4.78 is 2.35. The maximum Gasteiger partial charge on any atom is 0.117 e. The van der Waals surface area contributed by atoms with Gasteiger partial charge in [0.05, 0.1) is 11.0 Å². The molecule has 1 aromatic heterocycles. The molecule has 0 N–H and O–H groups in total. The Morgan fingerprint density at radius 2 is 1.83 bits per heavy atom. The number of benzene rings is 2. The van der Waals surface area contributed by atoms with E-state index in [0.717, 1.165) is 34.8 Å². The molecule has 1 unspecified atom stereocenters. The van der Waals surface area contributed by atoms with E-state index < -0.39 is 0 Å². The van der Waals surface area contributed by atoms with Crippen LogP contribution in [0.1, 0.15) is 44.5 Å². The third-order valence-electron chi connectivity index (χ3n) is 4.21. The first-order valence-electron chi connectivity index (χ1n) is 8.30. The SMILES string of the molecule is CCC(c1ccccc1)c1nc2ccc(Cl)cc2n1CC(C)C. The van der Waals surface area contributed by atoms with Crippen LogP contribution in [-0.2, 0) is 6.54 Å². The summed E-state index contributed by atoms with van der Waals surface area (Å²) in [5.74, 6) is 2.00. The molecule has 0 saturated carbocycles. The Labute approximate surface area is 143 Å². The highest BCUT2D eigenvalue weighted by Crippen LogP contribution is 2.31. The smallest absolute Gasteiger partial charge is 0.117 e. The fourth-order valence-electron chi connectivity index (χ4n) is 3.19. The average molecular weight is 327 g/mol. The molecule has 0 saturated heterocycles. The minimum absolute atomic E-state index is 0.307. The van der Waals surface area contributed by atoms with Gasteiger partial charge in [0.1, 0.15) is 5.82 Å². The summed E-state index contributed by atoms with van der Waals surface area (Å²) in [4.78, 5) is 4.96. The highest BCUT2D eigenvalue weighted by molar-refractivity contribution is 6.31. The van der Waals surface area contributed by atoms with Gasteiger partial charge in [-0.15, -0.1) is 0 Å². The first kappa shape index (κ1) is 16.1. The van der Waals surface area contributed by atoms with Crippen LogP contribution in [-0.4, -0.2) is 9.55 Å².